The highest BCUT2D eigenvalue weighted by Crippen LogP contribution is 2.20. The molecule has 156 valence electrons. The molecule has 2 aromatic carbocycles. The Bertz CT molecular complexity index is 1110. The summed E-state index contributed by atoms with van der Waals surface area (Å²) < 4.78 is 29.0. The van der Waals surface area contributed by atoms with E-state index in [4.69, 9.17) is 11.6 Å². The van der Waals surface area contributed by atoms with Crippen LogP contribution < -0.4 is 10.6 Å². The van der Waals surface area contributed by atoms with Gasteiger partial charge in [-0.25, -0.2) is 13.5 Å². The number of halogens is 3. The number of anilines is 1. The van der Waals surface area contributed by atoms with Gasteiger partial charge in [-0.15, -0.1) is 0 Å². The van der Waals surface area contributed by atoms with Gasteiger partial charge in [0.2, 0.25) is 5.91 Å². The van der Waals surface area contributed by atoms with Gasteiger partial charge in [0.25, 0.3) is 5.91 Å². The van der Waals surface area contributed by atoms with Crippen molar-refractivity contribution in [2.45, 2.75) is 20.3 Å². The minimum Gasteiger partial charge on any atom is -0.351 e. The van der Waals surface area contributed by atoms with Crippen LogP contribution in [0.2, 0.25) is 5.02 Å². The number of rotatable bonds is 6. The fraction of sp³-hybridized carbons (Fsp3) is 0.190. The van der Waals surface area contributed by atoms with Crippen LogP contribution in [0, 0.1) is 25.5 Å². The van der Waals surface area contributed by atoms with Crippen LogP contribution in [0.4, 0.5) is 14.5 Å². The third-order valence-corrected chi connectivity index (χ3v) is 4.60. The van der Waals surface area contributed by atoms with E-state index in [-0.39, 0.29) is 34.9 Å². The van der Waals surface area contributed by atoms with Gasteiger partial charge in [-0.1, -0.05) is 11.6 Å². The van der Waals surface area contributed by atoms with Crippen molar-refractivity contribution in [3.8, 4) is 5.69 Å². The summed E-state index contributed by atoms with van der Waals surface area (Å²) in [6.45, 7) is 3.67. The number of aromatic nitrogens is 2. The second kappa shape index (κ2) is 9.04. The lowest BCUT2D eigenvalue weighted by Gasteiger charge is -2.10. The number of hydrogen-bond donors (Lipinski definition) is 2. The van der Waals surface area contributed by atoms with Gasteiger partial charge in [0.1, 0.15) is 11.5 Å². The van der Waals surface area contributed by atoms with E-state index in [1.807, 2.05) is 19.9 Å². The zero-order chi connectivity index (χ0) is 21.8. The summed E-state index contributed by atoms with van der Waals surface area (Å²) in [5.41, 5.74) is 2.24. The highest BCUT2D eigenvalue weighted by Gasteiger charge is 2.13. The summed E-state index contributed by atoms with van der Waals surface area (Å²) in [6.07, 6.45) is -0.0363. The predicted octanol–water partition coefficient (Wildman–Crippen LogP) is 4.18. The normalized spacial score (nSPS) is 10.7. The molecule has 9 heteroatoms. The van der Waals surface area contributed by atoms with Crippen molar-refractivity contribution in [1.29, 1.82) is 0 Å². The standard InChI is InChI=1S/C21H19ClF2N4O2/c1-12-9-13(2)28(27-12)19-6-4-15(11-18(19)24)26-20(29)7-8-25-21(30)16-5-3-14(23)10-17(16)22/h3-6,9-11H,7-8H2,1-2H3,(H,25,30)(H,26,29). The number of nitrogens with one attached hydrogen (secondary N) is 2. The van der Waals surface area contributed by atoms with Gasteiger partial charge in [0, 0.05) is 24.3 Å². The summed E-state index contributed by atoms with van der Waals surface area (Å²) in [7, 11) is 0. The Morgan fingerprint density at radius 1 is 1.10 bits per heavy atom. The zero-order valence-corrected chi connectivity index (χ0v) is 17.1. The fourth-order valence-corrected chi connectivity index (χ4v) is 3.16. The Balaban J connectivity index is 1.55. The number of carbonyl (C=O) groups excluding carboxylic acids is 2. The van der Waals surface area contributed by atoms with Gasteiger partial charge in [-0.2, -0.15) is 5.10 Å². The van der Waals surface area contributed by atoms with Crippen molar-refractivity contribution in [3.63, 3.8) is 0 Å². The molecular weight excluding hydrogens is 414 g/mol. The molecule has 1 aromatic heterocycles. The van der Waals surface area contributed by atoms with Crippen LogP contribution in [0.5, 0.6) is 0 Å². The van der Waals surface area contributed by atoms with Crippen LogP contribution in [0.3, 0.4) is 0 Å². The number of aryl methyl sites for hydroxylation is 2. The average Bonchev–Trinajstić information content (AvgIpc) is 2.99. The molecule has 0 aliphatic rings. The summed E-state index contributed by atoms with van der Waals surface area (Å²) in [4.78, 5) is 24.1. The number of carbonyl (C=O) groups is 2. The molecule has 0 unspecified atom stereocenters. The maximum Gasteiger partial charge on any atom is 0.252 e. The van der Waals surface area contributed by atoms with Crippen LogP contribution in [-0.4, -0.2) is 28.1 Å². The van der Waals surface area contributed by atoms with Gasteiger partial charge in [-0.05, 0) is 56.3 Å². The molecule has 2 amide bonds. The van der Waals surface area contributed by atoms with Crippen LogP contribution >= 0.6 is 11.6 Å². The van der Waals surface area contributed by atoms with Crippen molar-refractivity contribution in [2.75, 3.05) is 11.9 Å². The molecule has 0 saturated carbocycles. The quantitative estimate of drug-likeness (QED) is 0.613. The van der Waals surface area contributed by atoms with Crippen molar-refractivity contribution >= 4 is 29.1 Å². The van der Waals surface area contributed by atoms with E-state index in [0.29, 0.717) is 0 Å². The van der Waals surface area contributed by atoms with E-state index in [2.05, 4.69) is 15.7 Å². The Morgan fingerprint density at radius 2 is 1.87 bits per heavy atom. The lowest BCUT2D eigenvalue weighted by Crippen LogP contribution is -2.28. The second-order valence-electron chi connectivity index (χ2n) is 6.68. The topological polar surface area (TPSA) is 76.0 Å². The van der Waals surface area contributed by atoms with E-state index >= 15 is 0 Å². The van der Waals surface area contributed by atoms with Crippen LogP contribution in [0.25, 0.3) is 5.69 Å². The summed E-state index contributed by atoms with van der Waals surface area (Å²) in [5, 5.41) is 9.34. The van der Waals surface area contributed by atoms with E-state index in [0.717, 1.165) is 23.5 Å². The van der Waals surface area contributed by atoms with E-state index in [1.165, 1.54) is 22.9 Å². The molecule has 0 aliphatic heterocycles. The minimum atomic E-state index is -0.549. The van der Waals surface area contributed by atoms with Crippen LogP contribution in [0.1, 0.15) is 28.2 Å². The molecule has 0 spiro atoms. The van der Waals surface area contributed by atoms with Crippen LogP contribution in [-0.2, 0) is 4.79 Å². The molecule has 30 heavy (non-hydrogen) atoms. The smallest absolute Gasteiger partial charge is 0.252 e. The van der Waals surface area contributed by atoms with Gasteiger partial charge in [0.15, 0.2) is 5.82 Å². The molecule has 0 bridgehead atoms. The Hall–Kier alpha value is -3.26. The van der Waals surface area contributed by atoms with Crippen LogP contribution in [0.15, 0.2) is 42.5 Å². The number of benzene rings is 2. The van der Waals surface area contributed by atoms with Gasteiger partial charge >= 0.3 is 0 Å². The van der Waals surface area contributed by atoms with Gasteiger partial charge < -0.3 is 10.6 Å². The highest BCUT2D eigenvalue weighted by molar-refractivity contribution is 6.33. The first-order chi connectivity index (χ1) is 14.2. The number of amides is 2. The largest absolute Gasteiger partial charge is 0.351 e. The first-order valence-electron chi connectivity index (χ1n) is 9.11. The SMILES string of the molecule is Cc1cc(C)n(-c2ccc(NC(=O)CCNC(=O)c3ccc(F)cc3Cl)cc2F)n1. The number of hydrogen-bond acceptors (Lipinski definition) is 3. The van der Waals surface area contributed by atoms with Gasteiger partial charge in [-0.3, -0.25) is 9.59 Å². The third kappa shape index (κ3) is 5.01. The maximum atomic E-state index is 14.5. The summed E-state index contributed by atoms with van der Waals surface area (Å²) >= 11 is 5.83. The highest BCUT2D eigenvalue weighted by atomic mass is 35.5. The Kier molecular flexibility index (Phi) is 6.47. The molecule has 3 aromatic rings. The predicted molar refractivity (Wildman–Crippen MR) is 110 cm³/mol. The zero-order valence-electron chi connectivity index (χ0n) is 16.3. The molecule has 0 radical (unpaired) electrons. The Labute approximate surface area is 176 Å². The summed E-state index contributed by atoms with van der Waals surface area (Å²) in [5.74, 6) is -2.00. The van der Waals surface area contributed by atoms with E-state index in [1.54, 1.807) is 6.07 Å². The van der Waals surface area contributed by atoms with E-state index < -0.39 is 23.4 Å². The Morgan fingerprint density at radius 3 is 2.50 bits per heavy atom. The van der Waals surface area contributed by atoms with Crippen molar-refractivity contribution in [1.82, 2.24) is 15.1 Å². The molecule has 0 saturated heterocycles. The molecule has 3 rings (SSSR count). The minimum absolute atomic E-state index is 0.0184. The molecule has 0 aliphatic carbocycles. The molecular formula is C21H19ClF2N4O2. The van der Waals surface area contributed by atoms with Crippen molar-refractivity contribution in [3.05, 3.63) is 76.1 Å². The third-order valence-electron chi connectivity index (χ3n) is 4.28. The lowest BCUT2D eigenvalue weighted by molar-refractivity contribution is -0.116. The van der Waals surface area contributed by atoms with Crippen molar-refractivity contribution in [2.24, 2.45) is 0 Å². The molecule has 0 atom stereocenters. The monoisotopic (exact) mass is 432 g/mol. The van der Waals surface area contributed by atoms with E-state index in [9.17, 15) is 18.4 Å². The fourth-order valence-electron chi connectivity index (χ4n) is 2.91. The molecule has 2 N–H and O–H groups in total. The molecule has 1 heterocycles. The van der Waals surface area contributed by atoms with Gasteiger partial charge in [0.05, 0.1) is 16.3 Å². The first-order valence-corrected chi connectivity index (χ1v) is 9.48. The molecule has 0 fully saturated rings. The lowest BCUT2D eigenvalue weighted by atomic mass is 10.2. The first kappa shape index (κ1) is 21.4. The number of nitrogens with zero attached hydrogens (tertiary/aromatic N) is 2. The maximum absolute atomic E-state index is 14.5. The van der Waals surface area contributed by atoms with Crippen molar-refractivity contribution < 1.29 is 18.4 Å². The summed E-state index contributed by atoms with van der Waals surface area (Å²) in [6, 6.07) is 9.57. The second-order valence-corrected chi connectivity index (χ2v) is 7.09. The molecule has 6 nitrogen and oxygen atoms in total. The average molecular weight is 433 g/mol.